The van der Waals surface area contributed by atoms with Gasteiger partial charge in [0.15, 0.2) is 11.5 Å². The van der Waals surface area contributed by atoms with E-state index in [1.165, 1.54) is 18.0 Å². The van der Waals surface area contributed by atoms with Gasteiger partial charge in [-0.25, -0.2) is 4.79 Å². The second kappa shape index (κ2) is 6.01. The first-order valence-electron chi connectivity index (χ1n) is 6.08. The summed E-state index contributed by atoms with van der Waals surface area (Å²) in [5.74, 6) is 2.29. The highest BCUT2D eigenvalue weighted by Gasteiger charge is 2.17. The van der Waals surface area contributed by atoms with Crippen LogP contribution in [0, 0.1) is 12.3 Å². The standard InChI is InChI=1S/C15H14N2O4/c1-4-7-21-12-6-5-10(8-13(12)20-3)14-11(15(18)19)9-17(2)16-14/h1,5-6,8-9H,7H2,2-3H3,(H,18,19). The van der Waals surface area contributed by atoms with Crippen molar-refractivity contribution in [1.29, 1.82) is 0 Å². The molecule has 2 aromatic rings. The summed E-state index contributed by atoms with van der Waals surface area (Å²) in [5.41, 5.74) is 1.11. The first kappa shape index (κ1) is 14.5. The van der Waals surface area contributed by atoms with Gasteiger partial charge in [0.05, 0.1) is 7.11 Å². The normalized spacial score (nSPS) is 9.95. The van der Waals surface area contributed by atoms with Gasteiger partial charge >= 0.3 is 5.97 Å². The van der Waals surface area contributed by atoms with Crippen LogP contribution in [0.4, 0.5) is 0 Å². The summed E-state index contributed by atoms with van der Waals surface area (Å²) in [4.78, 5) is 11.2. The number of methoxy groups -OCH3 is 1. The molecule has 0 bridgehead atoms. The average Bonchev–Trinajstić information content (AvgIpc) is 2.87. The van der Waals surface area contributed by atoms with Crippen molar-refractivity contribution in [1.82, 2.24) is 9.78 Å². The number of carbonyl (C=O) groups is 1. The number of ether oxygens (including phenoxy) is 2. The van der Waals surface area contributed by atoms with Crippen LogP contribution in [-0.4, -0.2) is 34.6 Å². The zero-order chi connectivity index (χ0) is 15.4. The van der Waals surface area contributed by atoms with Crippen LogP contribution < -0.4 is 9.47 Å². The van der Waals surface area contributed by atoms with Crippen LogP contribution in [0.5, 0.6) is 11.5 Å². The Morgan fingerprint density at radius 3 is 2.86 bits per heavy atom. The van der Waals surface area contributed by atoms with E-state index in [1.807, 2.05) is 0 Å². The van der Waals surface area contributed by atoms with Crippen molar-refractivity contribution in [3.8, 4) is 35.1 Å². The van der Waals surface area contributed by atoms with Gasteiger partial charge in [0.1, 0.15) is 17.9 Å². The molecule has 1 aromatic carbocycles. The summed E-state index contributed by atoms with van der Waals surface area (Å²) in [6, 6.07) is 5.05. The average molecular weight is 286 g/mol. The fourth-order valence-corrected chi connectivity index (χ4v) is 1.91. The van der Waals surface area contributed by atoms with Crippen LogP contribution >= 0.6 is 0 Å². The Morgan fingerprint density at radius 1 is 1.48 bits per heavy atom. The van der Waals surface area contributed by atoms with Crippen molar-refractivity contribution in [3.05, 3.63) is 30.0 Å². The number of aromatic carboxylic acids is 1. The monoisotopic (exact) mass is 286 g/mol. The molecule has 1 aromatic heterocycles. The number of benzene rings is 1. The van der Waals surface area contributed by atoms with Crippen molar-refractivity contribution in [2.45, 2.75) is 0 Å². The summed E-state index contributed by atoms with van der Waals surface area (Å²) < 4.78 is 12.0. The van der Waals surface area contributed by atoms with Crippen molar-refractivity contribution in [2.24, 2.45) is 7.05 Å². The number of aromatic nitrogens is 2. The summed E-state index contributed by atoms with van der Waals surface area (Å²) in [5, 5.41) is 13.4. The van der Waals surface area contributed by atoms with E-state index in [9.17, 15) is 9.90 Å². The molecule has 0 atom stereocenters. The molecule has 0 spiro atoms. The predicted molar refractivity (Wildman–Crippen MR) is 76.5 cm³/mol. The molecule has 0 amide bonds. The molecule has 0 radical (unpaired) electrons. The molecule has 0 aliphatic carbocycles. The molecule has 2 rings (SSSR count). The minimum absolute atomic E-state index is 0.122. The highest BCUT2D eigenvalue weighted by atomic mass is 16.5. The molecule has 0 saturated heterocycles. The third-order valence-electron chi connectivity index (χ3n) is 2.81. The third kappa shape index (κ3) is 2.98. The second-order valence-corrected chi connectivity index (χ2v) is 4.23. The van der Waals surface area contributed by atoms with Crippen LogP contribution in [0.15, 0.2) is 24.4 Å². The maximum absolute atomic E-state index is 11.2. The fourth-order valence-electron chi connectivity index (χ4n) is 1.91. The van der Waals surface area contributed by atoms with Crippen molar-refractivity contribution >= 4 is 5.97 Å². The van der Waals surface area contributed by atoms with E-state index in [0.717, 1.165) is 0 Å². The van der Waals surface area contributed by atoms with Gasteiger partial charge in [0.2, 0.25) is 0 Å². The van der Waals surface area contributed by atoms with Crippen LogP contribution in [0.2, 0.25) is 0 Å². The molecule has 1 heterocycles. The number of carboxylic acids is 1. The van der Waals surface area contributed by atoms with Crippen LogP contribution in [0.25, 0.3) is 11.3 Å². The largest absolute Gasteiger partial charge is 0.493 e. The van der Waals surface area contributed by atoms with E-state index in [2.05, 4.69) is 11.0 Å². The van der Waals surface area contributed by atoms with E-state index >= 15 is 0 Å². The van der Waals surface area contributed by atoms with Crippen LogP contribution in [0.3, 0.4) is 0 Å². The lowest BCUT2D eigenvalue weighted by Crippen LogP contribution is -1.99. The van der Waals surface area contributed by atoms with E-state index in [0.29, 0.717) is 22.8 Å². The lowest BCUT2D eigenvalue weighted by Gasteiger charge is -2.10. The van der Waals surface area contributed by atoms with Crippen LogP contribution in [0.1, 0.15) is 10.4 Å². The van der Waals surface area contributed by atoms with E-state index < -0.39 is 5.97 Å². The number of aryl methyl sites for hydroxylation is 1. The molecule has 6 heteroatoms. The summed E-state index contributed by atoms with van der Waals surface area (Å²) in [6.07, 6.45) is 6.60. The molecule has 0 aliphatic heterocycles. The van der Waals surface area contributed by atoms with Gasteiger partial charge in [-0.05, 0) is 18.2 Å². The second-order valence-electron chi connectivity index (χ2n) is 4.23. The molecule has 1 N–H and O–H groups in total. The van der Waals surface area contributed by atoms with Crippen molar-refractivity contribution < 1.29 is 19.4 Å². The smallest absolute Gasteiger partial charge is 0.339 e. The predicted octanol–water partition coefficient (Wildman–Crippen LogP) is 1.81. The number of rotatable bonds is 5. The lowest BCUT2D eigenvalue weighted by molar-refractivity contribution is 0.0697. The first-order chi connectivity index (χ1) is 10.1. The lowest BCUT2D eigenvalue weighted by atomic mass is 10.1. The van der Waals surface area contributed by atoms with Gasteiger partial charge in [-0.3, -0.25) is 4.68 Å². The third-order valence-corrected chi connectivity index (χ3v) is 2.81. The Kier molecular flexibility index (Phi) is 4.14. The summed E-state index contributed by atoms with van der Waals surface area (Å²) in [7, 11) is 3.16. The van der Waals surface area contributed by atoms with Gasteiger partial charge in [0.25, 0.3) is 0 Å². The number of terminal acetylenes is 1. The Balaban J connectivity index is 2.46. The summed E-state index contributed by atoms with van der Waals surface area (Å²) in [6.45, 7) is 0.125. The van der Waals surface area contributed by atoms with E-state index in [1.54, 1.807) is 25.2 Å². The maximum Gasteiger partial charge on any atom is 0.339 e. The van der Waals surface area contributed by atoms with Crippen LogP contribution in [-0.2, 0) is 7.05 Å². The number of hydrogen-bond donors (Lipinski definition) is 1. The number of hydrogen-bond acceptors (Lipinski definition) is 4. The molecule has 6 nitrogen and oxygen atoms in total. The zero-order valence-corrected chi connectivity index (χ0v) is 11.7. The number of nitrogens with zero attached hydrogens (tertiary/aromatic N) is 2. The van der Waals surface area contributed by atoms with E-state index in [4.69, 9.17) is 15.9 Å². The molecule has 21 heavy (non-hydrogen) atoms. The molecule has 108 valence electrons. The molecule has 0 saturated carbocycles. The van der Waals surface area contributed by atoms with Gasteiger partial charge in [-0.2, -0.15) is 5.10 Å². The minimum atomic E-state index is -1.04. The Labute approximate surface area is 121 Å². The van der Waals surface area contributed by atoms with Gasteiger partial charge in [-0.15, -0.1) is 6.42 Å². The SMILES string of the molecule is C#CCOc1ccc(-c2nn(C)cc2C(=O)O)cc1OC. The van der Waals surface area contributed by atoms with Gasteiger partial charge in [0, 0.05) is 18.8 Å². The van der Waals surface area contributed by atoms with E-state index in [-0.39, 0.29) is 12.2 Å². The molecular weight excluding hydrogens is 272 g/mol. The highest BCUT2D eigenvalue weighted by molar-refractivity contribution is 5.94. The maximum atomic E-state index is 11.2. The van der Waals surface area contributed by atoms with Gasteiger partial charge < -0.3 is 14.6 Å². The van der Waals surface area contributed by atoms with Crippen molar-refractivity contribution in [3.63, 3.8) is 0 Å². The minimum Gasteiger partial charge on any atom is -0.493 e. The van der Waals surface area contributed by atoms with Gasteiger partial charge in [-0.1, -0.05) is 5.92 Å². The molecule has 0 fully saturated rings. The zero-order valence-electron chi connectivity index (χ0n) is 11.7. The first-order valence-corrected chi connectivity index (χ1v) is 6.08. The van der Waals surface area contributed by atoms with Crippen molar-refractivity contribution in [2.75, 3.05) is 13.7 Å². The fraction of sp³-hybridized carbons (Fsp3) is 0.200. The highest BCUT2D eigenvalue weighted by Crippen LogP contribution is 2.33. The Bertz CT molecular complexity index is 713. The Morgan fingerprint density at radius 2 is 2.24 bits per heavy atom. The molecule has 0 aliphatic rings. The Hall–Kier alpha value is -2.94. The quantitative estimate of drug-likeness (QED) is 0.848. The summed E-state index contributed by atoms with van der Waals surface area (Å²) >= 11 is 0. The number of carboxylic acid groups (broad SMARTS) is 1. The molecule has 0 unspecified atom stereocenters. The molecular formula is C15H14N2O4. The topological polar surface area (TPSA) is 73.6 Å².